The Bertz CT molecular complexity index is 1040. The number of hydrogen-bond acceptors (Lipinski definition) is 5. The number of carbonyl (C=O) groups is 2. The number of anilines is 2. The Balaban J connectivity index is 1.57. The molecule has 5 rings (SSSR count). The van der Waals surface area contributed by atoms with Crippen LogP contribution >= 0.6 is 22.9 Å². The van der Waals surface area contributed by atoms with E-state index in [1.165, 1.54) is 4.90 Å². The van der Waals surface area contributed by atoms with Crippen LogP contribution in [-0.4, -0.2) is 17.9 Å². The van der Waals surface area contributed by atoms with Crippen molar-refractivity contribution in [3.05, 3.63) is 82.0 Å². The molecule has 0 spiro atoms. The van der Waals surface area contributed by atoms with E-state index in [9.17, 15) is 9.59 Å². The molecule has 2 amide bonds. The topological polar surface area (TPSA) is 49.9 Å². The lowest BCUT2D eigenvalue weighted by Gasteiger charge is -2.27. The SMILES string of the molecule is O=C1[C@@H]2[C@H](ON(c3ccccc3)[C@H]2c2cccs2)C(=O)N1c1cccc(Cl)c1. The van der Waals surface area contributed by atoms with Crippen molar-refractivity contribution in [2.24, 2.45) is 5.92 Å². The number of imide groups is 1. The molecule has 3 aromatic rings. The van der Waals surface area contributed by atoms with E-state index in [0.29, 0.717) is 10.7 Å². The van der Waals surface area contributed by atoms with Crippen molar-refractivity contribution in [1.82, 2.24) is 0 Å². The van der Waals surface area contributed by atoms with Gasteiger partial charge in [-0.1, -0.05) is 41.9 Å². The number of halogens is 1. The number of para-hydroxylation sites is 1. The Morgan fingerprint density at radius 1 is 0.893 bits per heavy atom. The molecule has 2 saturated heterocycles. The van der Waals surface area contributed by atoms with Crippen molar-refractivity contribution < 1.29 is 14.4 Å². The maximum atomic E-state index is 13.4. The highest BCUT2D eigenvalue weighted by Crippen LogP contribution is 2.48. The second-order valence-electron chi connectivity index (χ2n) is 6.67. The van der Waals surface area contributed by atoms with Gasteiger partial charge in [-0.2, -0.15) is 0 Å². The molecule has 0 radical (unpaired) electrons. The Hall–Kier alpha value is -2.67. The van der Waals surface area contributed by atoms with Gasteiger partial charge in [-0.3, -0.25) is 14.4 Å². The van der Waals surface area contributed by atoms with Crippen molar-refractivity contribution in [1.29, 1.82) is 0 Å². The lowest BCUT2D eigenvalue weighted by Crippen LogP contribution is -2.37. The van der Waals surface area contributed by atoms with Crippen molar-refractivity contribution in [3.8, 4) is 0 Å². The summed E-state index contributed by atoms with van der Waals surface area (Å²) >= 11 is 7.61. The van der Waals surface area contributed by atoms with E-state index in [1.54, 1.807) is 40.7 Å². The lowest BCUT2D eigenvalue weighted by atomic mass is 9.95. The Labute approximate surface area is 170 Å². The van der Waals surface area contributed by atoms with Crippen LogP contribution in [0.5, 0.6) is 0 Å². The van der Waals surface area contributed by atoms with Crippen LogP contribution in [0.2, 0.25) is 5.02 Å². The first-order chi connectivity index (χ1) is 13.6. The standard InChI is InChI=1S/C21H15ClN2O3S/c22-13-6-4-9-15(12-13)23-20(25)17-18(16-10-5-11-28-16)24(27-19(17)21(23)26)14-7-2-1-3-8-14/h1-12,17-19H/t17-,18-,19-/m0/s1. The summed E-state index contributed by atoms with van der Waals surface area (Å²) in [6.45, 7) is 0. The smallest absolute Gasteiger partial charge is 0.266 e. The summed E-state index contributed by atoms with van der Waals surface area (Å²) in [6.07, 6.45) is -0.862. The van der Waals surface area contributed by atoms with Crippen LogP contribution in [0.1, 0.15) is 10.9 Å². The van der Waals surface area contributed by atoms with Gasteiger partial charge >= 0.3 is 0 Å². The number of fused-ring (bicyclic) bond motifs is 1. The number of benzene rings is 2. The highest BCUT2D eigenvalue weighted by molar-refractivity contribution is 7.10. The predicted octanol–water partition coefficient (Wildman–Crippen LogP) is 4.45. The Morgan fingerprint density at radius 2 is 1.68 bits per heavy atom. The van der Waals surface area contributed by atoms with Crippen LogP contribution in [0, 0.1) is 5.92 Å². The number of hydroxylamine groups is 1. The minimum atomic E-state index is -0.862. The molecule has 2 aliphatic rings. The fourth-order valence-corrected chi connectivity index (χ4v) is 4.87. The van der Waals surface area contributed by atoms with E-state index >= 15 is 0 Å². The van der Waals surface area contributed by atoms with E-state index in [-0.39, 0.29) is 17.9 Å². The average molecular weight is 411 g/mol. The van der Waals surface area contributed by atoms with Gasteiger partial charge in [0.1, 0.15) is 12.0 Å². The summed E-state index contributed by atoms with van der Waals surface area (Å²) in [5.41, 5.74) is 1.28. The molecule has 0 bridgehead atoms. The van der Waals surface area contributed by atoms with E-state index in [0.717, 1.165) is 10.6 Å². The lowest BCUT2D eigenvalue weighted by molar-refractivity contribution is -0.126. The summed E-state index contributed by atoms with van der Waals surface area (Å²) in [4.78, 5) is 34.7. The predicted molar refractivity (Wildman–Crippen MR) is 108 cm³/mol. The molecule has 0 N–H and O–H groups in total. The molecule has 7 heteroatoms. The summed E-state index contributed by atoms with van der Waals surface area (Å²) < 4.78 is 0. The van der Waals surface area contributed by atoms with Crippen molar-refractivity contribution >= 4 is 46.1 Å². The molecule has 3 atom stereocenters. The number of nitrogens with zero attached hydrogens (tertiary/aromatic N) is 2. The number of rotatable bonds is 3. The second-order valence-corrected chi connectivity index (χ2v) is 8.08. The van der Waals surface area contributed by atoms with Gasteiger partial charge in [0.25, 0.3) is 5.91 Å². The summed E-state index contributed by atoms with van der Waals surface area (Å²) in [6, 6.07) is 19.8. The van der Waals surface area contributed by atoms with Gasteiger partial charge in [-0.15, -0.1) is 11.3 Å². The summed E-state index contributed by atoms with van der Waals surface area (Å²) in [5.74, 6) is -1.25. The van der Waals surface area contributed by atoms with Gasteiger partial charge in [0.05, 0.1) is 11.4 Å². The fraction of sp³-hybridized carbons (Fsp3) is 0.143. The Morgan fingerprint density at radius 3 is 2.39 bits per heavy atom. The van der Waals surface area contributed by atoms with Crippen LogP contribution < -0.4 is 9.96 Å². The normalized spacial score (nSPS) is 24.1. The first-order valence-corrected chi connectivity index (χ1v) is 10.1. The van der Waals surface area contributed by atoms with Crippen molar-refractivity contribution in [2.75, 3.05) is 9.96 Å². The van der Waals surface area contributed by atoms with Crippen LogP contribution in [-0.2, 0) is 14.4 Å². The fourth-order valence-electron chi connectivity index (χ4n) is 3.83. The number of carbonyl (C=O) groups excluding carboxylic acids is 2. The molecule has 5 nitrogen and oxygen atoms in total. The maximum absolute atomic E-state index is 13.4. The van der Waals surface area contributed by atoms with Crippen molar-refractivity contribution in [3.63, 3.8) is 0 Å². The molecule has 0 aliphatic carbocycles. The number of amides is 2. The van der Waals surface area contributed by atoms with E-state index < -0.39 is 12.0 Å². The van der Waals surface area contributed by atoms with Gasteiger partial charge in [-0.05, 0) is 41.8 Å². The minimum absolute atomic E-state index is 0.269. The minimum Gasteiger partial charge on any atom is -0.273 e. The van der Waals surface area contributed by atoms with Crippen LogP contribution in [0.15, 0.2) is 72.1 Å². The third-order valence-electron chi connectivity index (χ3n) is 5.03. The van der Waals surface area contributed by atoms with E-state index in [1.807, 2.05) is 47.8 Å². The quantitative estimate of drug-likeness (QED) is 0.598. The third kappa shape index (κ3) is 2.64. The van der Waals surface area contributed by atoms with Gasteiger partial charge in [-0.25, -0.2) is 9.96 Å². The molecule has 3 heterocycles. The van der Waals surface area contributed by atoms with Crippen LogP contribution in [0.4, 0.5) is 11.4 Å². The highest BCUT2D eigenvalue weighted by atomic mass is 35.5. The highest BCUT2D eigenvalue weighted by Gasteiger charge is 2.60. The largest absolute Gasteiger partial charge is 0.273 e. The molecule has 28 heavy (non-hydrogen) atoms. The molecule has 1 aromatic heterocycles. The van der Waals surface area contributed by atoms with Gasteiger partial charge in [0, 0.05) is 9.90 Å². The zero-order valence-electron chi connectivity index (χ0n) is 14.6. The molecule has 0 saturated carbocycles. The zero-order chi connectivity index (χ0) is 19.3. The van der Waals surface area contributed by atoms with Crippen molar-refractivity contribution in [2.45, 2.75) is 12.1 Å². The first-order valence-electron chi connectivity index (χ1n) is 8.83. The average Bonchev–Trinajstić information content (AvgIpc) is 3.40. The molecular formula is C21H15ClN2O3S. The maximum Gasteiger partial charge on any atom is 0.266 e. The zero-order valence-corrected chi connectivity index (χ0v) is 16.1. The third-order valence-corrected chi connectivity index (χ3v) is 6.21. The summed E-state index contributed by atoms with van der Waals surface area (Å²) in [7, 11) is 0. The molecule has 140 valence electrons. The van der Waals surface area contributed by atoms with Gasteiger partial charge in [0.15, 0.2) is 6.10 Å². The molecule has 2 fully saturated rings. The molecule has 0 unspecified atom stereocenters. The molecule has 2 aromatic carbocycles. The van der Waals surface area contributed by atoms with Gasteiger partial charge in [0.2, 0.25) is 5.91 Å². The van der Waals surface area contributed by atoms with E-state index in [4.69, 9.17) is 16.4 Å². The van der Waals surface area contributed by atoms with Crippen LogP contribution in [0.3, 0.4) is 0 Å². The molecule has 2 aliphatic heterocycles. The monoisotopic (exact) mass is 410 g/mol. The van der Waals surface area contributed by atoms with Crippen LogP contribution in [0.25, 0.3) is 0 Å². The molecular weight excluding hydrogens is 396 g/mol. The van der Waals surface area contributed by atoms with Gasteiger partial charge < -0.3 is 0 Å². The number of thiophene rings is 1. The number of hydrogen-bond donors (Lipinski definition) is 0. The summed E-state index contributed by atoms with van der Waals surface area (Å²) in [5, 5.41) is 4.13. The Kier molecular flexibility index (Phi) is 4.19. The second kappa shape index (κ2) is 6.74. The van der Waals surface area contributed by atoms with E-state index in [2.05, 4.69) is 0 Å². The first kappa shape index (κ1) is 17.4.